The predicted octanol–water partition coefficient (Wildman–Crippen LogP) is 5.13. The normalized spacial score (nSPS) is 17.4. The fourth-order valence-electron chi connectivity index (χ4n) is 3.03. The molecular formula is C18H23Cl2NO. The number of Topliss-reactive ketones (excluding diaryl/α,β-unsaturated/α-hetero) is 1. The fourth-order valence-corrected chi connectivity index (χ4v) is 3.51. The third-order valence-electron chi connectivity index (χ3n) is 4.62. The van der Waals surface area contributed by atoms with E-state index in [0.29, 0.717) is 40.6 Å². The maximum absolute atomic E-state index is 11.4. The van der Waals surface area contributed by atoms with Crippen molar-refractivity contribution in [1.29, 1.82) is 0 Å². The molecule has 22 heavy (non-hydrogen) atoms. The van der Waals surface area contributed by atoms with Crippen molar-refractivity contribution in [2.24, 2.45) is 5.92 Å². The predicted molar refractivity (Wildman–Crippen MR) is 93.5 cm³/mol. The van der Waals surface area contributed by atoms with Gasteiger partial charge in [-0.1, -0.05) is 42.8 Å². The van der Waals surface area contributed by atoms with E-state index in [4.69, 9.17) is 23.2 Å². The minimum absolute atomic E-state index is 0.293. The molecule has 1 unspecified atom stereocenters. The minimum atomic E-state index is 0.293. The summed E-state index contributed by atoms with van der Waals surface area (Å²) in [4.78, 5) is 13.6. The van der Waals surface area contributed by atoms with Crippen molar-refractivity contribution in [2.75, 3.05) is 7.05 Å². The standard InChI is InChI=1S/C18H23Cl2NO/c1-12(10-14-4-5-15(19)11-18(14)20)13(2)21(3)16-6-8-17(22)9-7-16/h4-5,11-12,16H,2,6-10H2,1,3H3. The molecule has 0 N–H and O–H groups in total. The summed E-state index contributed by atoms with van der Waals surface area (Å²) in [6, 6.07) is 6.06. The number of benzene rings is 1. The molecule has 0 saturated heterocycles. The second-order valence-electron chi connectivity index (χ2n) is 6.21. The zero-order valence-corrected chi connectivity index (χ0v) is 14.8. The Morgan fingerprint density at radius 1 is 1.36 bits per heavy atom. The first kappa shape index (κ1) is 17.4. The minimum Gasteiger partial charge on any atom is -0.375 e. The largest absolute Gasteiger partial charge is 0.375 e. The van der Waals surface area contributed by atoms with Gasteiger partial charge in [0.1, 0.15) is 5.78 Å². The zero-order chi connectivity index (χ0) is 16.3. The van der Waals surface area contributed by atoms with Crippen LogP contribution in [-0.2, 0) is 11.2 Å². The molecule has 0 aromatic heterocycles. The van der Waals surface area contributed by atoms with Crippen LogP contribution >= 0.6 is 23.2 Å². The average molecular weight is 340 g/mol. The molecule has 120 valence electrons. The van der Waals surface area contributed by atoms with Crippen molar-refractivity contribution >= 4 is 29.0 Å². The Hall–Kier alpha value is -0.990. The molecule has 0 bridgehead atoms. The molecule has 0 heterocycles. The molecule has 2 nitrogen and oxygen atoms in total. The summed E-state index contributed by atoms with van der Waals surface area (Å²) in [6.45, 7) is 6.43. The average Bonchev–Trinajstić information content (AvgIpc) is 2.49. The Balaban J connectivity index is 1.97. The van der Waals surface area contributed by atoms with Crippen LogP contribution in [0, 0.1) is 5.92 Å². The first-order valence-electron chi connectivity index (χ1n) is 7.75. The molecule has 1 fully saturated rings. The Labute approximate surface area is 143 Å². The third-order valence-corrected chi connectivity index (χ3v) is 5.21. The van der Waals surface area contributed by atoms with Gasteiger partial charge >= 0.3 is 0 Å². The molecule has 4 heteroatoms. The summed E-state index contributed by atoms with van der Waals surface area (Å²) in [6.07, 6.45) is 4.09. The van der Waals surface area contributed by atoms with Gasteiger partial charge in [-0.3, -0.25) is 4.79 Å². The van der Waals surface area contributed by atoms with E-state index in [1.807, 2.05) is 12.1 Å². The van der Waals surface area contributed by atoms with Gasteiger partial charge in [-0.2, -0.15) is 0 Å². The lowest BCUT2D eigenvalue weighted by Gasteiger charge is -2.36. The van der Waals surface area contributed by atoms with Crippen molar-refractivity contribution in [3.63, 3.8) is 0 Å². The molecule has 2 rings (SSSR count). The monoisotopic (exact) mass is 339 g/mol. The number of hydrogen-bond donors (Lipinski definition) is 0. The zero-order valence-electron chi connectivity index (χ0n) is 13.2. The van der Waals surface area contributed by atoms with Gasteiger partial charge in [0.05, 0.1) is 0 Å². The quantitative estimate of drug-likeness (QED) is 0.741. The van der Waals surface area contributed by atoms with E-state index in [1.54, 1.807) is 6.07 Å². The maximum Gasteiger partial charge on any atom is 0.133 e. The molecule has 0 radical (unpaired) electrons. The van der Waals surface area contributed by atoms with Crippen molar-refractivity contribution in [3.8, 4) is 0 Å². The Kier molecular flexibility index (Phi) is 5.94. The third kappa shape index (κ3) is 4.27. The topological polar surface area (TPSA) is 20.3 Å². The highest BCUT2D eigenvalue weighted by Crippen LogP contribution is 2.29. The van der Waals surface area contributed by atoms with E-state index in [0.717, 1.165) is 30.5 Å². The van der Waals surface area contributed by atoms with Crippen molar-refractivity contribution in [1.82, 2.24) is 4.90 Å². The van der Waals surface area contributed by atoms with Crippen LogP contribution in [-0.4, -0.2) is 23.8 Å². The van der Waals surface area contributed by atoms with Crippen molar-refractivity contribution in [3.05, 3.63) is 46.1 Å². The van der Waals surface area contributed by atoms with Gasteiger partial charge in [-0.25, -0.2) is 0 Å². The number of rotatable bonds is 5. The van der Waals surface area contributed by atoms with Crippen LogP contribution < -0.4 is 0 Å². The number of nitrogens with zero attached hydrogens (tertiary/aromatic N) is 1. The molecule has 1 aromatic carbocycles. The van der Waals surface area contributed by atoms with Crippen molar-refractivity contribution in [2.45, 2.75) is 45.1 Å². The fraction of sp³-hybridized carbons (Fsp3) is 0.500. The van der Waals surface area contributed by atoms with Crippen LogP contribution in [0.5, 0.6) is 0 Å². The number of allylic oxidation sites excluding steroid dienone is 1. The molecule has 0 amide bonds. The maximum atomic E-state index is 11.4. The summed E-state index contributed by atoms with van der Waals surface area (Å²) in [5, 5.41) is 1.36. The summed E-state index contributed by atoms with van der Waals surface area (Å²) >= 11 is 12.2. The van der Waals surface area contributed by atoms with Crippen LogP contribution in [0.1, 0.15) is 38.2 Å². The molecule has 1 aromatic rings. The number of carbonyl (C=O) groups excluding carboxylic acids is 1. The molecule has 1 atom stereocenters. The van der Waals surface area contributed by atoms with Gasteiger partial charge < -0.3 is 4.90 Å². The van der Waals surface area contributed by atoms with E-state index in [9.17, 15) is 4.79 Å². The van der Waals surface area contributed by atoms with E-state index < -0.39 is 0 Å². The Morgan fingerprint density at radius 3 is 2.59 bits per heavy atom. The van der Waals surface area contributed by atoms with Crippen molar-refractivity contribution < 1.29 is 4.79 Å². The molecule has 1 aliphatic carbocycles. The van der Waals surface area contributed by atoms with Crippen LogP contribution in [0.25, 0.3) is 0 Å². The highest BCUT2D eigenvalue weighted by Gasteiger charge is 2.24. The van der Waals surface area contributed by atoms with Gasteiger partial charge in [-0.15, -0.1) is 0 Å². The summed E-state index contributed by atoms with van der Waals surface area (Å²) in [7, 11) is 2.09. The summed E-state index contributed by atoms with van der Waals surface area (Å²) in [5.41, 5.74) is 2.19. The number of ketones is 1. The van der Waals surface area contributed by atoms with E-state index in [-0.39, 0.29) is 0 Å². The van der Waals surface area contributed by atoms with Crippen LogP contribution in [0.15, 0.2) is 30.5 Å². The molecule has 1 saturated carbocycles. The summed E-state index contributed by atoms with van der Waals surface area (Å²) in [5.74, 6) is 0.678. The first-order valence-corrected chi connectivity index (χ1v) is 8.51. The second-order valence-corrected chi connectivity index (χ2v) is 7.06. The number of halogens is 2. The smallest absolute Gasteiger partial charge is 0.133 e. The highest BCUT2D eigenvalue weighted by molar-refractivity contribution is 6.35. The summed E-state index contributed by atoms with van der Waals surface area (Å²) < 4.78 is 0. The number of carbonyl (C=O) groups is 1. The van der Waals surface area contributed by atoms with Gasteiger partial charge in [0.15, 0.2) is 0 Å². The second kappa shape index (κ2) is 7.52. The van der Waals surface area contributed by atoms with Gasteiger partial charge in [-0.05, 0) is 42.9 Å². The molecule has 1 aliphatic rings. The Morgan fingerprint density at radius 2 is 2.00 bits per heavy atom. The lowest BCUT2D eigenvalue weighted by molar-refractivity contribution is -0.121. The van der Waals surface area contributed by atoms with E-state index in [1.165, 1.54) is 0 Å². The number of hydrogen-bond acceptors (Lipinski definition) is 2. The van der Waals surface area contributed by atoms with Crippen LogP contribution in [0.3, 0.4) is 0 Å². The molecule has 0 spiro atoms. The SMILES string of the molecule is C=C(C(C)Cc1ccc(Cl)cc1Cl)N(C)C1CCC(=O)CC1. The van der Waals surface area contributed by atoms with Gasteiger partial charge in [0.2, 0.25) is 0 Å². The highest BCUT2D eigenvalue weighted by atomic mass is 35.5. The molecular weight excluding hydrogens is 317 g/mol. The van der Waals surface area contributed by atoms with Gasteiger partial charge in [0.25, 0.3) is 0 Å². The van der Waals surface area contributed by atoms with Gasteiger partial charge in [0, 0.05) is 41.7 Å². The lowest BCUT2D eigenvalue weighted by atomic mass is 9.91. The Bertz CT molecular complexity index is 560. The van der Waals surface area contributed by atoms with Crippen LogP contribution in [0.4, 0.5) is 0 Å². The molecule has 0 aliphatic heterocycles. The van der Waals surface area contributed by atoms with E-state index >= 15 is 0 Å². The lowest BCUT2D eigenvalue weighted by Crippen LogP contribution is -2.36. The van der Waals surface area contributed by atoms with E-state index in [2.05, 4.69) is 25.5 Å². The first-order chi connectivity index (χ1) is 10.4. The van der Waals surface area contributed by atoms with Crippen LogP contribution in [0.2, 0.25) is 10.0 Å².